The van der Waals surface area contributed by atoms with Crippen LogP contribution in [0, 0.1) is 5.82 Å². The van der Waals surface area contributed by atoms with Crippen molar-refractivity contribution in [3.63, 3.8) is 0 Å². The molecule has 0 spiro atoms. The first-order valence-electron chi connectivity index (χ1n) is 7.33. The SMILES string of the molecule is CNC(C)Cc1noc(Cc2coc(-c3ccc(F)cc3)n2)n1.Cl. The molecule has 2 aromatic heterocycles. The van der Waals surface area contributed by atoms with E-state index in [9.17, 15) is 4.39 Å². The smallest absolute Gasteiger partial charge is 0.232 e. The quantitative estimate of drug-likeness (QED) is 0.734. The molecule has 1 N–H and O–H groups in total. The van der Waals surface area contributed by atoms with E-state index in [1.54, 1.807) is 18.4 Å². The van der Waals surface area contributed by atoms with Gasteiger partial charge >= 0.3 is 0 Å². The molecule has 0 bridgehead atoms. The molecule has 2 heterocycles. The van der Waals surface area contributed by atoms with Gasteiger partial charge in [-0.15, -0.1) is 12.4 Å². The van der Waals surface area contributed by atoms with Crippen molar-refractivity contribution in [2.45, 2.75) is 25.8 Å². The van der Waals surface area contributed by atoms with Crippen LogP contribution in [0.1, 0.15) is 24.3 Å². The lowest BCUT2D eigenvalue weighted by molar-refractivity contribution is 0.376. The van der Waals surface area contributed by atoms with Crippen LogP contribution >= 0.6 is 12.4 Å². The van der Waals surface area contributed by atoms with Crippen molar-refractivity contribution in [3.8, 4) is 11.5 Å². The van der Waals surface area contributed by atoms with Crippen molar-refractivity contribution in [1.29, 1.82) is 0 Å². The Labute approximate surface area is 144 Å². The molecule has 1 atom stereocenters. The predicted octanol–water partition coefficient (Wildman–Crippen LogP) is 3.03. The van der Waals surface area contributed by atoms with E-state index in [1.807, 2.05) is 14.0 Å². The Balaban J connectivity index is 0.00000208. The molecular weight excluding hydrogens is 335 g/mol. The fraction of sp³-hybridized carbons (Fsp3) is 0.312. The number of hydrogen-bond acceptors (Lipinski definition) is 6. The summed E-state index contributed by atoms with van der Waals surface area (Å²) < 4.78 is 23.6. The molecule has 1 aromatic carbocycles. The molecule has 0 aliphatic carbocycles. The Morgan fingerprint density at radius 3 is 2.67 bits per heavy atom. The second-order valence-corrected chi connectivity index (χ2v) is 5.33. The van der Waals surface area contributed by atoms with E-state index < -0.39 is 0 Å². The zero-order valence-electron chi connectivity index (χ0n) is 13.3. The Hall–Kier alpha value is -2.25. The van der Waals surface area contributed by atoms with E-state index in [1.165, 1.54) is 12.1 Å². The number of nitrogens with one attached hydrogen (secondary N) is 1. The number of nitrogens with zero attached hydrogens (tertiary/aromatic N) is 3. The number of aromatic nitrogens is 3. The third-order valence-corrected chi connectivity index (χ3v) is 3.47. The van der Waals surface area contributed by atoms with Gasteiger partial charge in [0, 0.05) is 18.0 Å². The van der Waals surface area contributed by atoms with Gasteiger partial charge in [0.1, 0.15) is 12.1 Å². The van der Waals surface area contributed by atoms with E-state index in [0.717, 1.165) is 0 Å². The Morgan fingerprint density at radius 1 is 1.21 bits per heavy atom. The van der Waals surface area contributed by atoms with Gasteiger partial charge in [0.05, 0.1) is 12.1 Å². The fourth-order valence-corrected chi connectivity index (χ4v) is 2.09. The van der Waals surface area contributed by atoms with Crippen molar-refractivity contribution < 1.29 is 13.3 Å². The molecule has 24 heavy (non-hydrogen) atoms. The standard InChI is InChI=1S/C16H17FN4O2.ClH/c1-10(18-2)7-14-20-15(23-21-14)8-13-9-22-16(19-13)11-3-5-12(17)6-4-11;/h3-6,9-10,18H,7-8H2,1-2H3;1H. The molecule has 128 valence electrons. The van der Waals surface area contributed by atoms with Gasteiger partial charge in [0.15, 0.2) is 5.82 Å². The Bertz CT molecular complexity index is 772. The van der Waals surface area contributed by atoms with E-state index in [4.69, 9.17) is 8.94 Å². The lowest BCUT2D eigenvalue weighted by Crippen LogP contribution is -2.24. The summed E-state index contributed by atoms with van der Waals surface area (Å²) in [4.78, 5) is 8.70. The number of oxazole rings is 1. The molecule has 0 fully saturated rings. The Kier molecular flexibility index (Phi) is 6.05. The number of rotatable bonds is 6. The van der Waals surface area contributed by atoms with Gasteiger partial charge in [-0.2, -0.15) is 4.98 Å². The largest absolute Gasteiger partial charge is 0.444 e. The average Bonchev–Trinajstić information content (AvgIpc) is 3.18. The third-order valence-electron chi connectivity index (χ3n) is 3.47. The summed E-state index contributed by atoms with van der Waals surface area (Å²) >= 11 is 0. The van der Waals surface area contributed by atoms with E-state index >= 15 is 0 Å². The second-order valence-electron chi connectivity index (χ2n) is 5.33. The molecule has 0 radical (unpaired) electrons. The normalized spacial score (nSPS) is 12.0. The molecular formula is C16H18ClFN4O2. The summed E-state index contributed by atoms with van der Waals surface area (Å²) in [5.74, 6) is 1.28. The summed E-state index contributed by atoms with van der Waals surface area (Å²) in [7, 11) is 1.89. The fourth-order valence-electron chi connectivity index (χ4n) is 2.09. The van der Waals surface area contributed by atoms with Crippen LogP contribution in [-0.2, 0) is 12.8 Å². The number of hydrogen-bond donors (Lipinski definition) is 1. The van der Waals surface area contributed by atoms with Gasteiger partial charge in [0.2, 0.25) is 11.8 Å². The average molecular weight is 353 g/mol. The molecule has 0 amide bonds. The highest BCUT2D eigenvalue weighted by Gasteiger charge is 2.13. The third kappa shape index (κ3) is 4.39. The molecule has 3 rings (SSSR count). The molecule has 1 unspecified atom stereocenters. The van der Waals surface area contributed by atoms with Gasteiger partial charge in [-0.25, -0.2) is 9.37 Å². The summed E-state index contributed by atoms with van der Waals surface area (Å²) in [5.41, 5.74) is 1.40. The van der Waals surface area contributed by atoms with E-state index in [-0.39, 0.29) is 24.3 Å². The molecule has 0 aliphatic heterocycles. The summed E-state index contributed by atoms with van der Waals surface area (Å²) in [6.07, 6.45) is 2.63. The number of likely N-dealkylation sites (N-methyl/N-ethyl adjacent to an activating group) is 1. The highest BCUT2D eigenvalue weighted by atomic mass is 35.5. The molecule has 0 aliphatic rings. The zero-order chi connectivity index (χ0) is 16.2. The first kappa shape index (κ1) is 18.1. The minimum Gasteiger partial charge on any atom is -0.444 e. The van der Waals surface area contributed by atoms with Crippen LogP contribution in [-0.4, -0.2) is 28.2 Å². The molecule has 0 saturated carbocycles. The van der Waals surface area contributed by atoms with Crippen molar-refractivity contribution in [1.82, 2.24) is 20.4 Å². The van der Waals surface area contributed by atoms with Crippen LogP contribution < -0.4 is 5.32 Å². The molecule has 8 heteroatoms. The van der Waals surface area contributed by atoms with Crippen LogP contribution in [0.2, 0.25) is 0 Å². The van der Waals surface area contributed by atoms with Crippen molar-refractivity contribution in [3.05, 3.63) is 53.8 Å². The highest BCUT2D eigenvalue weighted by molar-refractivity contribution is 5.85. The van der Waals surface area contributed by atoms with Gasteiger partial charge in [-0.05, 0) is 38.2 Å². The monoisotopic (exact) mass is 352 g/mol. The maximum atomic E-state index is 12.9. The van der Waals surface area contributed by atoms with Crippen LogP contribution in [0.3, 0.4) is 0 Å². The van der Waals surface area contributed by atoms with Crippen LogP contribution in [0.5, 0.6) is 0 Å². The maximum absolute atomic E-state index is 12.9. The Morgan fingerprint density at radius 2 is 1.96 bits per heavy atom. The summed E-state index contributed by atoms with van der Waals surface area (Å²) in [6.45, 7) is 2.04. The highest BCUT2D eigenvalue weighted by Crippen LogP contribution is 2.20. The van der Waals surface area contributed by atoms with Crippen LogP contribution in [0.25, 0.3) is 11.5 Å². The van der Waals surface area contributed by atoms with Crippen LogP contribution in [0.4, 0.5) is 4.39 Å². The van der Waals surface area contributed by atoms with E-state index in [0.29, 0.717) is 41.7 Å². The zero-order valence-corrected chi connectivity index (χ0v) is 14.1. The minimum atomic E-state index is -0.297. The lowest BCUT2D eigenvalue weighted by Gasteiger charge is -2.04. The van der Waals surface area contributed by atoms with Crippen molar-refractivity contribution in [2.75, 3.05) is 7.05 Å². The number of benzene rings is 1. The lowest BCUT2D eigenvalue weighted by atomic mass is 10.2. The minimum absolute atomic E-state index is 0. The molecule has 3 aromatic rings. The second kappa shape index (κ2) is 8.03. The summed E-state index contributed by atoms with van der Waals surface area (Å²) in [6, 6.07) is 6.25. The topological polar surface area (TPSA) is 77.0 Å². The van der Waals surface area contributed by atoms with Crippen molar-refractivity contribution in [2.24, 2.45) is 0 Å². The summed E-state index contributed by atoms with van der Waals surface area (Å²) in [5, 5.41) is 7.07. The van der Waals surface area contributed by atoms with E-state index in [2.05, 4.69) is 20.4 Å². The van der Waals surface area contributed by atoms with Gasteiger partial charge in [0.25, 0.3) is 0 Å². The molecule has 0 saturated heterocycles. The number of halogens is 2. The first-order chi connectivity index (χ1) is 11.1. The van der Waals surface area contributed by atoms with Crippen LogP contribution in [0.15, 0.2) is 39.5 Å². The van der Waals surface area contributed by atoms with Gasteiger partial charge < -0.3 is 14.3 Å². The predicted molar refractivity (Wildman–Crippen MR) is 88.5 cm³/mol. The first-order valence-corrected chi connectivity index (χ1v) is 7.33. The van der Waals surface area contributed by atoms with Gasteiger partial charge in [-0.3, -0.25) is 0 Å². The van der Waals surface area contributed by atoms with Gasteiger partial charge in [-0.1, -0.05) is 5.16 Å². The molecule has 6 nitrogen and oxygen atoms in total. The van der Waals surface area contributed by atoms with Crippen molar-refractivity contribution >= 4 is 12.4 Å². The maximum Gasteiger partial charge on any atom is 0.232 e.